The summed E-state index contributed by atoms with van der Waals surface area (Å²) in [5.41, 5.74) is 2.60. The van der Waals surface area contributed by atoms with Crippen LogP contribution in [0.5, 0.6) is 5.75 Å². The second kappa shape index (κ2) is 8.46. The van der Waals surface area contributed by atoms with Gasteiger partial charge in [-0.1, -0.05) is 28.1 Å². The van der Waals surface area contributed by atoms with Crippen molar-refractivity contribution in [1.29, 1.82) is 0 Å². The Hall–Kier alpha value is -1.82. The molecule has 0 N–H and O–H groups in total. The minimum Gasteiger partial charge on any atom is -0.492 e. The number of halogens is 1. The van der Waals surface area contributed by atoms with Crippen LogP contribution in [-0.2, 0) is 13.1 Å². The lowest BCUT2D eigenvalue weighted by Gasteiger charge is -2.32. The van der Waals surface area contributed by atoms with Crippen LogP contribution in [0.2, 0.25) is 0 Å². The van der Waals surface area contributed by atoms with Crippen LogP contribution in [0.1, 0.15) is 5.56 Å². The molecule has 0 unspecified atom stereocenters. The van der Waals surface area contributed by atoms with Crippen LogP contribution in [0.4, 0.5) is 0 Å². The zero-order chi connectivity index (χ0) is 18.6. The normalized spacial score (nSPS) is 16.1. The predicted molar refractivity (Wildman–Crippen MR) is 114 cm³/mol. The number of ether oxygens (including phenoxy) is 1. The van der Waals surface area contributed by atoms with Gasteiger partial charge in [-0.15, -0.1) is 0 Å². The van der Waals surface area contributed by atoms with Crippen molar-refractivity contribution in [2.45, 2.75) is 13.1 Å². The fourth-order valence-corrected chi connectivity index (χ4v) is 3.96. The highest BCUT2D eigenvalue weighted by atomic mass is 79.9. The maximum absolute atomic E-state index is 5.96. The van der Waals surface area contributed by atoms with Gasteiger partial charge in [-0.25, -0.2) is 0 Å². The van der Waals surface area contributed by atoms with Gasteiger partial charge < -0.3 is 14.2 Å². The Balaban J connectivity index is 1.28. The standard InChI is InChI=1S/C22H26BrN3O/c1-24-10-12-25(13-11-24)17-18-2-5-21(6-3-18)27-15-14-26-9-8-19-16-20(23)4-7-22(19)26/h2-9,16H,10-15,17H2,1H3. The summed E-state index contributed by atoms with van der Waals surface area (Å²) in [4.78, 5) is 4.91. The van der Waals surface area contributed by atoms with Crippen molar-refractivity contribution < 1.29 is 4.74 Å². The first-order chi connectivity index (χ1) is 13.2. The third-order valence-electron chi connectivity index (χ3n) is 5.26. The summed E-state index contributed by atoms with van der Waals surface area (Å²) in [6.45, 7) is 7.15. The van der Waals surface area contributed by atoms with Crippen molar-refractivity contribution in [2.24, 2.45) is 0 Å². The third-order valence-corrected chi connectivity index (χ3v) is 5.75. The Morgan fingerprint density at radius 2 is 1.74 bits per heavy atom. The van der Waals surface area contributed by atoms with E-state index < -0.39 is 0 Å². The van der Waals surface area contributed by atoms with Crippen molar-refractivity contribution in [2.75, 3.05) is 39.8 Å². The van der Waals surface area contributed by atoms with Gasteiger partial charge in [-0.2, -0.15) is 0 Å². The largest absolute Gasteiger partial charge is 0.492 e. The number of likely N-dealkylation sites (N-methyl/N-ethyl adjacent to an activating group) is 1. The summed E-state index contributed by atoms with van der Waals surface area (Å²) in [6.07, 6.45) is 2.12. The summed E-state index contributed by atoms with van der Waals surface area (Å²) in [5, 5.41) is 1.25. The van der Waals surface area contributed by atoms with Gasteiger partial charge in [0.25, 0.3) is 0 Å². The molecular weight excluding hydrogens is 402 g/mol. The lowest BCUT2D eigenvalue weighted by Crippen LogP contribution is -2.43. The Morgan fingerprint density at radius 1 is 0.963 bits per heavy atom. The minimum atomic E-state index is 0.664. The molecule has 2 heterocycles. The van der Waals surface area contributed by atoms with E-state index in [0.717, 1.165) is 49.5 Å². The van der Waals surface area contributed by atoms with Crippen LogP contribution in [0, 0.1) is 0 Å². The maximum Gasteiger partial charge on any atom is 0.119 e. The second-order valence-corrected chi connectivity index (χ2v) is 8.20. The van der Waals surface area contributed by atoms with Gasteiger partial charge in [0.1, 0.15) is 12.4 Å². The van der Waals surface area contributed by atoms with Gasteiger partial charge in [0.15, 0.2) is 0 Å². The minimum absolute atomic E-state index is 0.664. The Labute approximate surface area is 169 Å². The molecule has 142 valence electrons. The topological polar surface area (TPSA) is 20.6 Å². The van der Waals surface area contributed by atoms with Crippen molar-refractivity contribution >= 4 is 26.8 Å². The predicted octanol–water partition coefficient (Wildman–Crippen LogP) is 4.23. The lowest BCUT2D eigenvalue weighted by atomic mass is 10.2. The van der Waals surface area contributed by atoms with Crippen molar-refractivity contribution in [3.63, 3.8) is 0 Å². The van der Waals surface area contributed by atoms with Crippen LogP contribution in [0.3, 0.4) is 0 Å². The molecule has 4 nitrogen and oxygen atoms in total. The monoisotopic (exact) mass is 427 g/mol. The highest BCUT2D eigenvalue weighted by molar-refractivity contribution is 9.10. The molecule has 5 heteroatoms. The number of aromatic nitrogens is 1. The van der Waals surface area contributed by atoms with Gasteiger partial charge in [0, 0.05) is 54.3 Å². The molecule has 0 aliphatic carbocycles. The van der Waals surface area contributed by atoms with Gasteiger partial charge in [-0.3, -0.25) is 4.90 Å². The molecule has 1 aliphatic rings. The van der Waals surface area contributed by atoms with E-state index in [9.17, 15) is 0 Å². The average molecular weight is 428 g/mol. The molecule has 0 amide bonds. The number of piperazine rings is 1. The quantitative estimate of drug-likeness (QED) is 0.586. The Morgan fingerprint density at radius 3 is 2.52 bits per heavy atom. The molecule has 3 aromatic rings. The van der Waals surface area contributed by atoms with Crippen LogP contribution in [0.15, 0.2) is 59.2 Å². The zero-order valence-electron chi connectivity index (χ0n) is 15.8. The molecule has 0 saturated carbocycles. The molecule has 0 spiro atoms. The van der Waals surface area contributed by atoms with Crippen LogP contribution < -0.4 is 4.74 Å². The van der Waals surface area contributed by atoms with Crippen molar-refractivity contribution in [3.8, 4) is 5.75 Å². The summed E-state index contributed by atoms with van der Waals surface area (Å²) in [6, 6.07) is 17.1. The number of fused-ring (bicyclic) bond motifs is 1. The molecule has 0 bridgehead atoms. The smallest absolute Gasteiger partial charge is 0.119 e. The fourth-order valence-electron chi connectivity index (χ4n) is 3.58. The van der Waals surface area contributed by atoms with Crippen molar-refractivity contribution in [3.05, 3.63) is 64.8 Å². The van der Waals surface area contributed by atoms with E-state index in [-0.39, 0.29) is 0 Å². The molecule has 0 atom stereocenters. The molecule has 0 radical (unpaired) electrons. The summed E-state index contributed by atoms with van der Waals surface area (Å²) in [7, 11) is 2.19. The van der Waals surface area contributed by atoms with E-state index in [0.29, 0.717) is 6.61 Å². The van der Waals surface area contributed by atoms with E-state index in [4.69, 9.17) is 4.74 Å². The first-order valence-electron chi connectivity index (χ1n) is 9.54. The van der Waals surface area contributed by atoms with E-state index in [1.165, 1.54) is 16.5 Å². The second-order valence-electron chi connectivity index (χ2n) is 7.28. The Kier molecular flexibility index (Phi) is 5.81. The molecule has 4 rings (SSSR count). The first kappa shape index (κ1) is 18.5. The van der Waals surface area contributed by atoms with Gasteiger partial charge in [-0.05, 0) is 49.0 Å². The molecule has 2 aromatic carbocycles. The Bertz CT molecular complexity index is 882. The molecule has 1 saturated heterocycles. The first-order valence-corrected chi connectivity index (χ1v) is 10.3. The van der Waals surface area contributed by atoms with E-state index in [2.05, 4.69) is 92.1 Å². The highest BCUT2D eigenvalue weighted by Crippen LogP contribution is 2.21. The van der Waals surface area contributed by atoms with Crippen LogP contribution in [0.25, 0.3) is 10.9 Å². The summed E-state index contributed by atoms with van der Waals surface area (Å²) in [5.74, 6) is 0.941. The highest BCUT2D eigenvalue weighted by Gasteiger charge is 2.13. The molecule has 1 aliphatic heterocycles. The van der Waals surface area contributed by atoms with Crippen LogP contribution in [-0.4, -0.2) is 54.2 Å². The third kappa shape index (κ3) is 4.72. The van der Waals surface area contributed by atoms with E-state index in [1.807, 2.05) is 0 Å². The van der Waals surface area contributed by atoms with Gasteiger partial charge in [0.05, 0.1) is 6.54 Å². The summed E-state index contributed by atoms with van der Waals surface area (Å²) < 4.78 is 9.31. The molecule has 1 aromatic heterocycles. The number of hydrogen-bond acceptors (Lipinski definition) is 3. The summed E-state index contributed by atoms with van der Waals surface area (Å²) >= 11 is 3.53. The fraction of sp³-hybridized carbons (Fsp3) is 0.364. The lowest BCUT2D eigenvalue weighted by molar-refractivity contribution is 0.148. The number of hydrogen-bond donors (Lipinski definition) is 0. The van der Waals surface area contributed by atoms with Crippen LogP contribution >= 0.6 is 15.9 Å². The molecule has 27 heavy (non-hydrogen) atoms. The molecular formula is C22H26BrN3O. The molecule has 1 fully saturated rings. The average Bonchev–Trinajstić information content (AvgIpc) is 3.07. The van der Waals surface area contributed by atoms with E-state index >= 15 is 0 Å². The number of rotatable bonds is 6. The van der Waals surface area contributed by atoms with Crippen molar-refractivity contribution in [1.82, 2.24) is 14.4 Å². The zero-order valence-corrected chi connectivity index (χ0v) is 17.4. The number of nitrogens with zero attached hydrogens (tertiary/aromatic N) is 3. The van der Waals surface area contributed by atoms with Gasteiger partial charge in [0.2, 0.25) is 0 Å². The number of benzene rings is 2. The van der Waals surface area contributed by atoms with Gasteiger partial charge >= 0.3 is 0 Å². The van der Waals surface area contributed by atoms with E-state index in [1.54, 1.807) is 0 Å². The SMILES string of the molecule is CN1CCN(Cc2ccc(OCCn3ccc4cc(Br)ccc43)cc2)CC1. The maximum atomic E-state index is 5.96.